The number of carbonyl (C=O) groups is 1. The van der Waals surface area contributed by atoms with Crippen LogP contribution in [0.2, 0.25) is 0 Å². The van der Waals surface area contributed by atoms with Crippen LogP contribution in [0.3, 0.4) is 0 Å². The van der Waals surface area contributed by atoms with Crippen molar-refractivity contribution in [2.45, 2.75) is 0 Å². The van der Waals surface area contributed by atoms with Crippen molar-refractivity contribution in [3.05, 3.63) is 83.7 Å². The minimum atomic E-state index is -0.652. The fourth-order valence-corrected chi connectivity index (χ4v) is 2.95. The molecule has 0 aliphatic heterocycles. The zero-order valence-corrected chi connectivity index (χ0v) is 17.3. The summed E-state index contributed by atoms with van der Waals surface area (Å²) in [6.45, 7) is 0. The average Bonchev–Trinajstić information content (AvgIpc) is 2.79. The fraction of sp³-hybridized carbons (Fsp3) is 0.174. The Bertz CT molecular complexity index is 1040. The van der Waals surface area contributed by atoms with Gasteiger partial charge >= 0.3 is 5.97 Å². The first kappa shape index (κ1) is 20.9. The zero-order chi connectivity index (χ0) is 21.5. The first-order valence-corrected chi connectivity index (χ1v) is 9.18. The molecule has 1 heterocycles. The molecule has 0 atom stereocenters. The maximum Gasteiger partial charge on any atom is 0.366 e. The number of ether oxygens (including phenoxy) is 3. The SMILES string of the molecule is COc1cc(C(=O)O/N=C(\c2ccccc2)c2cccc[n+]2C)cc(OC)c1OC. The molecule has 0 bridgehead atoms. The van der Waals surface area contributed by atoms with E-state index in [4.69, 9.17) is 19.0 Å². The third kappa shape index (κ3) is 4.41. The van der Waals surface area contributed by atoms with Gasteiger partial charge in [0.1, 0.15) is 7.05 Å². The van der Waals surface area contributed by atoms with Gasteiger partial charge in [0.05, 0.1) is 26.9 Å². The molecule has 30 heavy (non-hydrogen) atoms. The van der Waals surface area contributed by atoms with Gasteiger partial charge in [-0.15, -0.1) is 0 Å². The standard InChI is InChI=1S/C23H23N2O5/c1-25-13-9-8-12-18(25)21(16-10-6-5-7-11-16)24-30-23(26)17-14-19(27-2)22(29-4)20(15-17)28-3/h5-15H,1-4H3/q+1/b24-21+. The summed E-state index contributed by atoms with van der Waals surface area (Å²) in [6.07, 6.45) is 1.90. The van der Waals surface area contributed by atoms with E-state index in [0.29, 0.717) is 23.0 Å². The minimum Gasteiger partial charge on any atom is -0.493 e. The van der Waals surface area contributed by atoms with Gasteiger partial charge in [0.2, 0.25) is 11.4 Å². The highest BCUT2D eigenvalue weighted by atomic mass is 16.7. The average molecular weight is 407 g/mol. The van der Waals surface area contributed by atoms with E-state index in [1.165, 1.54) is 33.5 Å². The van der Waals surface area contributed by atoms with E-state index in [0.717, 1.165) is 11.3 Å². The van der Waals surface area contributed by atoms with Crippen LogP contribution in [0, 0.1) is 0 Å². The lowest BCUT2D eigenvalue weighted by Gasteiger charge is -2.13. The molecule has 154 valence electrons. The highest BCUT2D eigenvalue weighted by Crippen LogP contribution is 2.38. The lowest BCUT2D eigenvalue weighted by Crippen LogP contribution is -2.36. The maximum atomic E-state index is 12.7. The van der Waals surface area contributed by atoms with Crippen molar-refractivity contribution in [3.63, 3.8) is 0 Å². The number of pyridine rings is 1. The second kappa shape index (κ2) is 9.56. The van der Waals surface area contributed by atoms with Crippen LogP contribution in [-0.2, 0) is 11.9 Å². The first-order chi connectivity index (χ1) is 14.6. The van der Waals surface area contributed by atoms with Gasteiger partial charge in [-0.25, -0.2) is 4.79 Å². The first-order valence-electron chi connectivity index (χ1n) is 9.18. The van der Waals surface area contributed by atoms with Gasteiger partial charge in [-0.1, -0.05) is 35.5 Å². The van der Waals surface area contributed by atoms with E-state index >= 15 is 0 Å². The fourth-order valence-electron chi connectivity index (χ4n) is 2.95. The minimum absolute atomic E-state index is 0.220. The van der Waals surface area contributed by atoms with Crippen LogP contribution in [0.15, 0.2) is 72.0 Å². The second-order valence-electron chi connectivity index (χ2n) is 6.30. The van der Waals surface area contributed by atoms with Crippen LogP contribution in [0.25, 0.3) is 0 Å². The molecule has 0 radical (unpaired) electrons. The van der Waals surface area contributed by atoms with Crippen LogP contribution in [-0.4, -0.2) is 33.0 Å². The number of carbonyl (C=O) groups excluding carboxylic acids is 1. The molecule has 0 N–H and O–H groups in total. The summed E-state index contributed by atoms with van der Waals surface area (Å²) in [6, 6.07) is 18.3. The molecule has 0 fully saturated rings. The lowest BCUT2D eigenvalue weighted by molar-refractivity contribution is -0.672. The highest BCUT2D eigenvalue weighted by molar-refractivity contribution is 6.10. The zero-order valence-electron chi connectivity index (χ0n) is 17.3. The Kier molecular flexibility index (Phi) is 6.64. The predicted octanol–water partition coefficient (Wildman–Crippen LogP) is 3.15. The molecule has 0 saturated heterocycles. The van der Waals surface area contributed by atoms with Crippen LogP contribution in [0.1, 0.15) is 21.6 Å². The van der Waals surface area contributed by atoms with Crippen LogP contribution in [0.4, 0.5) is 0 Å². The summed E-state index contributed by atoms with van der Waals surface area (Å²) in [7, 11) is 6.35. The molecule has 0 spiro atoms. The van der Waals surface area contributed by atoms with E-state index in [9.17, 15) is 4.79 Å². The number of hydrogen-bond acceptors (Lipinski definition) is 6. The Morgan fingerprint density at radius 3 is 2.03 bits per heavy atom. The molecule has 3 rings (SSSR count). The van der Waals surface area contributed by atoms with Crippen LogP contribution in [0.5, 0.6) is 17.2 Å². The number of rotatable bonds is 7. The van der Waals surface area contributed by atoms with E-state index in [2.05, 4.69) is 5.16 Å². The molecule has 7 nitrogen and oxygen atoms in total. The molecule has 2 aromatic carbocycles. The molecule has 0 amide bonds. The van der Waals surface area contributed by atoms with Gasteiger partial charge < -0.3 is 19.0 Å². The number of oxime groups is 1. The summed E-state index contributed by atoms with van der Waals surface area (Å²) < 4.78 is 17.8. The smallest absolute Gasteiger partial charge is 0.366 e. The molecule has 3 aromatic rings. The molecule has 0 aliphatic carbocycles. The van der Waals surface area contributed by atoms with Crippen molar-refractivity contribution in [2.75, 3.05) is 21.3 Å². The molecule has 0 unspecified atom stereocenters. The summed E-state index contributed by atoms with van der Waals surface area (Å²) >= 11 is 0. The largest absolute Gasteiger partial charge is 0.493 e. The monoisotopic (exact) mass is 407 g/mol. The van der Waals surface area contributed by atoms with Crippen molar-refractivity contribution < 1.29 is 28.4 Å². The van der Waals surface area contributed by atoms with Crippen molar-refractivity contribution in [1.82, 2.24) is 0 Å². The molecule has 0 saturated carbocycles. The summed E-state index contributed by atoms with van der Waals surface area (Å²) in [4.78, 5) is 18.1. The Hall–Kier alpha value is -3.87. The molecular weight excluding hydrogens is 384 g/mol. The number of nitrogens with zero attached hydrogens (tertiary/aromatic N) is 2. The predicted molar refractivity (Wildman–Crippen MR) is 111 cm³/mol. The summed E-state index contributed by atoms with van der Waals surface area (Å²) in [5.41, 5.74) is 2.36. The van der Waals surface area contributed by atoms with E-state index < -0.39 is 5.97 Å². The Morgan fingerprint density at radius 2 is 1.47 bits per heavy atom. The van der Waals surface area contributed by atoms with Crippen molar-refractivity contribution >= 4 is 11.7 Å². The number of methoxy groups -OCH3 is 3. The maximum absolute atomic E-state index is 12.7. The molecule has 0 aliphatic rings. The summed E-state index contributed by atoms with van der Waals surface area (Å²) in [5, 5.41) is 4.19. The normalized spacial score (nSPS) is 11.0. The highest BCUT2D eigenvalue weighted by Gasteiger charge is 2.21. The van der Waals surface area contributed by atoms with Crippen LogP contribution >= 0.6 is 0 Å². The third-order valence-electron chi connectivity index (χ3n) is 4.46. The quantitative estimate of drug-likeness (QED) is 0.260. The Balaban J connectivity index is 1.99. The van der Waals surface area contributed by atoms with Gasteiger partial charge in [-0.05, 0) is 18.2 Å². The number of benzene rings is 2. The third-order valence-corrected chi connectivity index (χ3v) is 4.46. The Labute approximate surface area is 175 Å². The number of aromatic nitrogens is 1. The van der Waals surface area contributed by atoms with Crippen LogP contribution < -0.4 is 18.8 Å². The van der Waals surface area contributed by atoms with Gasteiger partial charge in [-0.2, -0.15) is 4.57 Å². The van der Waals surface area contributed by atoms with Crippen molar-refractivity contribution in [1.29, 1.82) is 0 Å². The van der Waals surface area contributed by atoms with E-state index in [1.54, 1.807) is 0 Å². The Morgan fingerprint density at radius 1 is 0.833 bits per heavy atom. The van der Waals surface area contributed by atoms with Gasteiger partial charge in [0.25, 0.3) is 0 Å². The summed E-state index contributed by atoms with van der Waals surface area (Å²) in [5.74, 6) is 0.443. The van der Waals surface area contributed by atoms with Gasteiger partial charge in [-0.3, -0.25) is 0 Å². The number of hydrogen-bond donors (Lipinski definition) is 0. The van der Waals surface area contributed by atoms with E-state index in [-0.39, 0.29) is 5.56 Å². The number of aryl methyl sites for hydroxylation is 1. The molecule has 1 aromatic heterocycles. The molecular formula is C23H23N2O5+. The second-order valence-corrected chi connectivity index (χ2v) is 6.30. The van der Waals surface area contributed by atoms with E-state index in [1.807, 2.05) is 66.3 Å². The topological polar surface area (TPSA) is 70.2 Å². The van der Waals surface area contributed by atoms with Gasteiger partial charge in [0, 0.05) is 17.7 Å². The van der Waals surface area contributed by atoms with Crippen molar-refractivity contribution in [2.24, 2.45) is 12.2 Å². The van der Waals surface area contributed by atoms with Gasteiger partial charge in [0.15, 0.2) is 23.4 Å². The lowest BCUT2D eigenvalue weighted by atomic mass is 10.1. The molecule has 7 heteroatoms. The van der Waals surface area contributed by atoms with Crippen molar-refractivity contribution in [3.8, 4) is 17.2 Å².